The molecular formula is C13H15N3. The first-order valence-electron chi connectivity index (χ1n) is 5.74. The summed E-state index contributed by atoms with van der Waals surface area (Å²) >= 11 is 0. The molecule has 0 unspecified atom stereocenters. The summed E-state index contributed by atoms with van der Waals surface area (Å²) in [7, 11) is 0. The van der Waals surface area contributed by atoms with Gasteiger partial charge in [-0.05, 0) is 43.9 Å². The molecule has 0 radical (unpaired) electrons. The first-order chi connectivity index (χ1) is 7.74. The Morgan fingerprint density at radius 1 is 1.25 bits per heavy atom. The number of rotatable bonds is 2. The molecule has 0 atom stereocenters. The van der Waals surface area contributed by atoms with Gasteiger partial charge in [-0.2, -0.15) is 0 Å². The molecule has 1 saturated carbocycles. The highest BCUT2D eigenvalue weighted by Gasteiger charge is 2.26. The molecule has 1 heterocycles. The number of benzene rings is 1. The van der Waals surface area contributed by atoms with E-state index in [-0.39, 0.29) is 0 Å². The van der Waals surface area contributed by atoms with Crippen molar-refractivity contribution in [1.29, 1.82) is 0 Å². The number of aryl methyl sites for hydroxylation is 2. The van der Waals surface area contributed by atoms with Crippen LogP contribution in [0.25, 0.3) is 5.69 Å². The summed E-state index contributed by atoms with van der Waals surface area (Å²) in [6, 6.07) is 6.40. The smallest absolute Gasteiger partial charge is 0.0862 e. The van der Waals surface area contributed by atoms with Crippen LogP contribution in [0.2, 0.25) is 0 Å². The molecule has 0 spiro atoms. The minimum Gasteiger partial charge on any atom is -0.220 e. The molecule has 3 heteroatoms. The lowest BCUT2D eigenvalue weighted by atomic mass is 10.1. The molecule has 1 aliphatic carbocycles. The maximum atomic E-state index is 4.24. The van der Waals surface area contributed by atoms with E-state index in [1.54, 1.807) is 0 Å². The van der Waals surface area contributed by atoms with E-state index in [1.807, 2.05) is 4.68 Å². The van der Waals surface area contributed by atoms with Gasteiger partial charge in [0.25, 0.3) is 0 Å². The monoisotopic (exact) mass is 213 g/mol. The van der Waals surface area contributed by atoms with Gasteiger partial charge in [0, 0.05) is 5.92 Å². The summed E-state index contributed by atoms with van der Waals surface area (Å²) in [6.07, 6.45) is 4.61. The van der Waals surface area contributed by atoms with E-state index in [4.69, 9.17) is 0 Å². The Labute approximate surface area is 95.1 Å². The molecule has 0 saturated heterocycles. The van der Waals surface area contributed by atoms with E-state index in [0.29, 0.717) is 5.92 Å². The predicted octanol–water partition coefficient (Wildman–Crippen LogP) is 2.76. The van der Waals surface area contributed by atoms with Crippen LogP contribution in [0.3, 0.4) is 0 Å². The van der Waals surface area contributed by atoms with Crippen LogP contribution in [-0.2, 0) is 0 Å². The van der Waals surface area contributed by atoms with Crippen molar-refractivity contribution in [2.45, 2.75) is 32.6 Å². The first kappa shape index (κ1) is 9.58. The molecule has 16 heavy (non-hydrogen) atoms. The summed E-state index contributed by atoms with van der Waals surface area (Å²) in [4.78, 5) is 0. The van der Waals surface area contributed by atoms with E-state index in [2.05, 4.69) is 48.6 Å². The molecule has 0 N–H and O–H groups in total. The molecule has 1 fully saturated rings. The second-order valence-electron chi connectivity index (χ2n) is 4.65. The summed E-state index contributed by atoms with van der Waals surface area (Å²) in [5.41, 5.74) is 4.77. The third-order valence-corrected chi connectivity index (χ3v) is 3.12. The normalized spacial score (nSPS) is 15.4. The van der Waals surface area contributed by atoms with Crippen molar-refractivity contribution in [3.63, 3.8) is 0 Å². The van der Waals surface area contributed by atoms with Crippen molar-refractivity contribution in [2.75, 3.05) is 0 Å². The van der Waals surface area contributed by atoms with Gasteiger partial charge in [-0.1, -0.05) is 17.3 Å². The van der Waals surface area contributed by atoms with Gasteiger partial charge in [0.2, 0.25) is 0 Å². The van der Waals surface area contributed by atoms with Crippen molar-refractivity contribution >= 4 is 0 Å². The third-order valence-electron chi connectivity index (χ3n) is 3.12. The molecule has 0 amide bonds. The topological polar surface area (TPSA) is 30.7 Å². The van der Waals surface area contributed by atoms with Crippen molar-refractivity contribution in [1.82, 2.24) is 15.0 Å². The molecule has 3 nitrogen and oxygen atoms in total. The second-order valence-corrected chi connectivity index (χ2v) is 4.65. The zero-order chi connectivity index (χ0) is 11.1. The summed E-state index contributed by atoms with van der Waals surface area (Å²) < 4.78 is 1.90. The van der Waals surface area contributed by atoms with Gasteiger partial charge in [0.15, 0.2) is 0 Å². The maximum absolute atomic E-state index is 4.24. The van der Waals surface area contributed by atoms with Crippen LogP contribution in [0.5, 0.6) is 0 Å². The van der Waals surface area contributed by atoms with Crippen molar-refractivity contribution in [3.8, 4) is 5.69 Å². The Morgan fingerprint density at radius 2 is 2.06 bits per heavy atom. The van der Waals surface area contributed by atoms with Crippen LogP contribution in [0, 0.1) is 13.8 Å². The van der Waals surface area contributed by atoms with Crippen molar-refractivity contribution in [3.05, 3.63) is 41.2 Å². The van der Waals surface area contributed by atoms with Crippen molar-refractivity contribution in [2.24, 2.45) is 0 Å². The molecule has 3 rings (SSSR count). The Bertz CT molecular complexity index is 524. The van der Waals surface area contributed by atoms with Gasteiger partial charge < -0.3 is 0 Å². The zero-order valence-corrected chi connectivity index (χ0v) is 9.64. The lowest BCUT2D eigenvalue weighted by Gasteiger charge is -2.05. The Morgan fingerprint density at radius 3 is 2.81 bits per heavy atom. The van der Waals surface area contributed by atoms with Crippen LogP contribution in [0.1, 0.15) is 35.6 Å². The van der Waals surface area contributed by atoms with E-state index < -0.39 is 0 Å². The first-order valence-corrected chi connectivity index (χ1v) is 5.74. The molecule has 0 aliphatic heterocycles. The van der Waals surface area contributed by atoms with Crippen LogP contribution >= 0.6 is 0 Å². The minimum absolute atomic E-state index is 0.666. The second kappa shape index (κ2) is 3.44. The van der Waals surface area contributed by atoms with E-state index >= 15 is 0 Å². The fraction of sp³-hybridized carbons (Fsp3) is 0.385. The molecule has 82 valence electrons. The van der Waals surface area contributed by atoms with Crippen LogP contribution < -0.4 is 0 Å². The molecule has 0 bridgehead atoms. The lowest BCUT2D eigenvalue weighted by Crippen LogP contribution is -1.98. The highest BCUT2D eigenvalue weighted by Crippen LogP contribution is 2.38. The molecule has 2 aromatic rings. The number of hydrogen-bond donors (Lipinski definition) is 0. The van der Waals surface area contributed by atoms with E-state index in [1.165, 1.54) is 24.0 Å². The van der Waals surface area contributed by atoms with Crippen molar-refractivity contribution < 1.29 is 0 Å². The van der Waals surface area contributed by atoms with Gasteiger partial charge in [0.1, 0.15) is 0 Å². The predicted molar refractivity (Wildman–Crippen MR) is 62.8 cm³/mol. The van der Waals surface area contributed by atoms with Crippen LogP contribution in [-0.4, -0.2) is 15.0 Å². The van der Waals surface area contributed by atoms with E-state index in [9.17, 15) is 0 Å². The highest BCUT2D eigenvalue weighted by molar-refractivity contribution is 5.42. The van der Waals surface area contributed by atoms with Gasteiger partial charge in [-0.25, -0.2) is 4.68 Å². The van der Waals surface area contributed by atoms with Crippen LogP contribution in [0.15, 0.2) is 24.4 Å². The average Bonchev–Trinajstić information content (AvgIpc) is 3.01. The zero-order valence-electron chi connectivity index (χ0n) is 9.64. The highest BCUT2D eigenvalue weighted by atomic mass is 15.4. The summed E-state index contributed by atoms with van der Waals surface area (Å²) in [5, 5.41) is 8.45. The molecule has 1 aromatic heterocycles. The third kappa shape index (κ3) is 1.62. The fourth-order valence-electron chi connectivity index (χ4n) is 1.93. The minimum atomic E-state index is 0.666. The van der Waals surface area contributed by atoms with Gasteiger partial charge >= 0.3 is 0 Å². The van der Waals surface area contributed by atoms with E-state index in [0.717, 1.165) is 11.4 Å². The standard InChI is InChI=1S/C13H15N3/c1-9-3-4-10(2)13(7-9)16-8-12(14-15-16)11-5-6-11/h3-4,7-8,11H,5-6H2,1-2H3. The van der Waals surface area contributed by atoms with Gasteiger partial charge in [-0.3, -0.25) is 0 Å². The van der Waals surface area contributed by atoms with Crippen LogP contribution in [0.4, 0.5) is 0 Å². The largest absolute Gasteiger partial charge is 0.220 e. The number of aromatic nitrogens is 3. The fourth-order valence-corrected chi connectivity index (χ4v) is 1.93. The maximum Gasteiger partial charge on any atom is 0.0862 e. The Kier molecular flexibility index (Phi) is 2.06. The summed E-state index contributed by atoms with van der Waals surface area (Å²) in [6.45, 7) is 4.20. The van der Waals surface area contributed by atoms with Gasteiger partial charge in [0.05, 0.1) is 17.6 Å². The SMILES string of the molecule is Cc1ccc(C)c(-n2cc(C3CC3)nn2)c1. The Balaban J connectivity index is 2.03. The Hall–Kier alpha value is -1.64. The molecule has 1 aliphatic rings. The quantitative estimate of drug-likeness (QED) is 0.768. The summed E-state index contributed by atoms with van der Waals surface area (Å²) in [5.74, 6) is 0.666. The number of hydrogen-bond acceptors (Lipinski definition) is 2. The molecule has 1 aromatic carbocycles. The van der Waals surface area contributed by atoms with Gasteiger partial charge in [-0.15, -0.1) is 5.10 Å². The molecular weight excluding hydrogens is 198 g/mol. The lowest BCUT2D eigenvalue weighted by molar-refractivity contribution is 0.792. The average molecular weight is 213 g/mol. The number of nitrogens with zero attached hydrogens (tertiary/aromatic N) is 3.